The Bertz CT molecular complexity index is 856. The lowest BCUT2D eigenvalue weighted by atomic mass is 9.67. The van der Waals surface area contributed by atoms with Crippen molar-refractivity contribution < 1.29 is 19.1 Å². The first-order valence-corrected chi connectivity index (χ1v) is 10.5. The molecule has 150 valence electrons. The van der Waals surface area contributed by atoms with Crippen molar-refractivity contribution in [3.05, 3.63) is 44.7 Å². The standard InChI is InChI=1S/C22H26INO4/c1-13-18(21(26)28-9-8-27-4)19(14-6-5-7-15(23)10-14)20-16(24-13)11-22(2,3)12-17(20)25/h5-7,10,18-19H,8-9,11-12H2,1-4H3/t18?,19-/m1/s1. The molecule has 0 bridgehead atoms. The molecular formula is C22H26INO4. The molecule has 0 spiro atoms. The van der Waals surface area contributed by atoms with Gasteiger partial charge >= 0.3 is 5.97 Å². The molecule has 1 unspecified atom stereocenters. The first kappa shape index (κ1) is 21.2. The van der Waals surface area contributed by atoms with Crippen LogP contribution in [0.2, 0.25) is 0 Å². The number of allylic oxidation sites excluding steroid dienone is 2. The minimum Gasteiger partial charge on any atom is -0.463 e. The van der Waals surface area contributed by atoms with Gasteiger partial charge in [-0.2, -0.15) is 0 Å². The molecule has 3 rings (SSSR count). The normalized spacial score (nSPS) is 23.9. The SMILES string of the molecule is COCCOC(=O)C1C(C)=NC2=C(C(=O)CC(C)(C)C2)[C@@H]1c1cccc(I)c1. The number of esters is 1. The highest BCUT2D eigenvalue weighted by atomic mass is 127. The second kappa shape index (κ2) is 8.45. The number of Topliss-reactive ketones (excluding diaryl/α,β-unsaturated/α-hetero) is 1. The number of carbonyl (C=O) groups excluding carboxylic acids is 2. The lowest BCUT2D eigenvalue weighted by molar-refractivity contribution is -0.147. The third kappa shape index (κ3) is 4.38. The van der Waals surface area contributed by atoms with Crippen LogP contribution in [0.3, 0.4) is 0 Å². The average Bonchev–Trinajstić information content (AvgIpc) is 2.59. The van der Waals surface area contributed by atoms with Gasteiger partial charge in [0.05, 0.1) is 6.61 Å². The summed E-state index contributed by atoms with van der Waals surface area (Å²) in [6.45, 7) is 6.56. The van der Waals surface area contributed by atoms with E-state index in [1.54, 1.807) is 7.11 Å². The predicted molar refractivity (Wildman–Crippen MR) is 116 cm³/mol. The number of rotatable bonds is 5. The Balaban J connectivity index is 2.08. The lowest BCUT2D eigenvalue weighted by Gasteiger charge is -2.39. The van der Waals surface area contributed by atoms with Gasteiger partial charge in [-0.25, -0.2) is 0 Å². The highest BCUT2D eigenvalue weighted by Crippen LogP contribution is 2.48. The summed E-state index contributed by atoms with van der Waals surface area (Å²) in [5.41, 5.74) is 3.04. The Hall–Kier alpha value is -1.54. The van der Waals surface area contributed by atoms with E-state index in [0.717, 1.165) is 21.3 Å². The number of hydrogen-bond donors (Lipinski definition) is 0. The number of methoxy groups -OCH3 is 1. The van der Waals surface area contributed by atoms with Gasteiger partial charge in [0.15, 0.2) is 5.78 Å². The van der Waals surface area contributed by atoms with E-state index < -0.39 is 5.92 Å². The monoisotopic (exact) mass is 495 g/mol. The lowest BCUT2D eigenvalue weighted by Crippen LogP contribution is -2.39. The molecule has 1 aromatic carbocycles. The van der Waals surface area contributed by atoms with Crippen molar-refractivity contribution in [2.24, 2.45) is 16.3 Å². The number of ketones is 1. The summed E-state index contributed by atoms with van der Waals surface area (Å²) in [7, 11) is 1.56. The second-order valence-electron chi connectivity index (χ2n) is 8.23. The summed E-state index contributed by atoms with van der Waals surface area (Å²) in [6, 6.07) is 7.99. The minimum absolute atomic E-state index is 0.0843. The first-order valence-electron chi connectivity index (χ1n) is 9.46. The molecule has 0 fully saturated rings. The van der Waals surface area contributed by atoms with Crippen LogP contribution in [-0.4, -0.2) is 37.8 Å². The van der Waals surface area contributed by atoms with E-state index in [1.807, 2.05) is 31.2 Å². The highest BCUT2D eigenvalue weighted by Gasteiger charge is 2.46. The van der Waals surface area contributed by atoms with Gasteiger partial charge < -0.3 is 9.47 Å². The predicted octanol–water partition coefficient (Wildman–Crippen LogP) is 4.30. The fraction of sp³-hybridized carbons (Fsp3) is 0.500. The summed E-state index contributed by atoms with van der Waals surface area (Å²) in [6.07, 6.45) is 1.20. The van der Waals surface area contributed by atoms with E-state index in [4.69, 9.17) is 14.5 Å². The average molecular weight is 495 g/mol. The Morgan fingerprint density at radius 1 is 1.29 bits per heavy atom. The van der Waals surface area contributed by atoms with Crippen molar-refractivity contribution in [3.63, 3.8) is 0 Å². The summed E-state index contributed by atoms with van der Waals surface area (Å²) in [5.74, 6) is -1.23. The molecule has 1 aliphatic heterocycles. The number of aliphatic imine (C=N–C) groups is 1. The number of ether oxygens (including phenoxy) is 2. The topological polar surface area (TPSA) is 65.0 Å². The van der Waals surface area contributed by atoms with Crippen LogP contribution in [0, 0.1) is 14.9 Å². The largest absolute Gasteiger partial charge is 0.463 e. The van der Waals surface area contributed by atoms with Crippen molar-refractivity contribution >= 4 is 40.1 Å². The van der Waals surface area contributed by atoms with Crippen LogP contribution >= 0.6 is 22.6 Å². The molecule has 1 aromatic rings. The van der Waals surface area contributed by atoms with E-state index in [0.29, 0.717) is 24.3 Å². The molecule has 0 radical (unpaired) electrons. The molecule has 0 N–H and O–H groups in total. The number of halogens is 1. The van der Waals surface area contributed by atoms with Crippen LogP contribution in [0.4, 0.5) is 0 Å². The van der Waals surface area contributed by atoms with Gasteiger partial charge in [0, 0.05) is 40.0 Å². The van der Waals surface area contributed by atoms with E-state index in [2.05, 4.69) is 36.4 Å². The van der Waals surface area contributed by atoms with Crippen molar-refractivity contribution in [2.75, 3.05) is 20.3 Å². The Morgan fingerprint density at radius 3 is 2.71 bits per heavy atom. The maximum Gasteiger partial charge on any atom is 0.315 e. The molecule has 2 atom stereocenters. The molecule has 0 amide bonds. The van der Waals surface area contributed by atoms with Gasteiger partial charge in [-0.05, 0) is 59.0 Å². The van der Waals surface area contributed by atoms with Crippen LogP contribution in [0.1, 0.15) is 45.1 Å². The number of carbonyl (C=O) groups is 2. The first-order chi connectivity index (χ1) is 13.2. The summed E-state index contributed by atoms with van der Waals surface area (Å²) >= 11 is 2.25. The molecule has 0 aromatic heterocycles. The van der Waals surface area contributed by atoms with Crippen molar-refractivity contribution in [1.82, 2.24) is 0 Å². The fourth-order valence-corrected chi connectivity index (χ4v) is 4.69. The zero-order chi connectivity index (χ0) is 20.5. The van der Waals surface area contributed by atoms with Crippen LogP contribution < -0.4 is 0 Å². The fourth-order valence-electron chi connectivity index (χ4n) is 4.13. The molecule has 6 heteroatoms. The molecule has 5 nitrogen and oxygen atoms in total. The van der Waals surface area contributed by atoms with Gasteiger partial charge in [-0.1, -0.05) is 26.0 Å². The van der Waals surface area contributed by atoms with Crippen LogP contribution in [-0.2, 0) is 19.1 Å². The maximum absolute atomic E-state index is 13.1. The molecule has 2 aliphatic rings. The van der Waals surface area contributed by atoms with E-state index in [-0.39, 0.29) is 29.7 Å². The van der Waals surface area contributed by atoms with Crippen LogP contribution in [0.5, 0.6) is 0 Å². The third-order valence-corrected chi connectivity index (χ3v) is 5.97. The zero-order valence-electron chi connectivity index (χ0n) is 16.8. The van der Waals surface area contributed by atoms with Crippen LogP contribution in [0.25, 0.3) is 0 Å². The highest BCUT2D eigenvalue weighted by molar-refractivity contribution is 14.1. The van der Waals surface area contributed by atoms with E-state index in [9.17, 15) is 9.59 Å². The zero-order valence-corrected chi connectivity index (χ0v) is 18.9. The molecular weight excluding hydrogens is 469 g/mol. The number of hydrogen-bond acceptors (Lipinski definition) is 5. The van der Waals surface area contributed by atoms with Crippen LogP contribution in [0.15, 0.2) is 40.5 Å². The van der Waals surface area contributed by atoms with E-state index in [1.165, 1.54) is 0 Å². The molecule has 28 heavy (non-hydrogen) atoms. The molecule has 0 saturated heterocycles. The van der Waals surface area contributed by atoms with Crippen molar-refractivity contribution in [3.8, 4) is 0 Å². The summed E-state index contributed by atoms with van der Waals surface area (Å²) in [4.78, 5) is 30.8. The van der Waals surface area contributed by atoms with Gasteiger partial charge in [-0.15, -0.1) is 0 Å². The number of nitrogens with zero attached hydrogens (tertiary/aromatic N) is 1. The van der Waals surface area contributed by atoms with Gasteiger partial charge in [0.2, 0.25) is 0 Å². The van der Waals surface area contributed by atoms with Crippen molar-refractivity contribution in [1.29, 1.82) is 0 Å². The second-order valence-corrected chi connectivity index (χ2v) is 9.47. The van der Waals surface area contributed by atoms with Gasteiger partial charge in [0.25, 0.3) is 0 Å². The summed E-state index contributed by atoms with van der Waals surface area (Å²) in [5, 5.41) is 0. The maximum atomic E-state index is 13.1. The molecule has 1 heterocycles. The van der Waals surface area contributed by atoms with Gasteiger partial charge in [-0.3, -0.25) is 14.6 Å². The summed E-state index contributed by atoms with van der Waals surface area (Å²) < 4.78 is 11.5. The van der Waals surface area contributed by atoms with E-state index >= 15 is 0 Å². The quantitative estimate of drug-likeness (QED) is 0.347. The third-order valence-electron chi connectivity index (χ3n) is 5.30. The Morgan fingerprint density at radius 2 is 2.04 bits per heavy atom. The van der Waals surface area contributed by atoms with Gasteiger partial charge in [0.1, 0.15) is 12.5 Å². The Labute approximate surface area is 179 Å². The molecule has 1 aliphatic carbocycles. The Kier molecular flexibility index (Phi) is 6.39. The number of benzene rings is 1. The van der Waals surface area contributed by atoms with Crippen molar-refractivity contribution in [2.45, 2.75) is 39.5 Å². The minimum atomic E-state index is -0.598. The molecule has 0 saturated carbocycles. The smallest absolute Gasteiger partial charge is 0.315 e.